The van der Waals surface area contributed by atoms with Gasteiger partial charge in [-0.2, -0.15) is 0 Å². The molecule has 20 heavy (non-hydrogen) atoms. The van der Waals surface area contributed by atoms with Crippen LogP contribution in [0.1, 0.15) is 61.8 Å². The highest BCUT2D eigenvalue weighted by atomic mass is 16.1. The predicted molar refractivity (Wildman–Crippen MR) is 95.0 cm³/mol. The van der Waals surface area contributed by atoms with Crippen LogP contribution in [0.3, 0.4) is 0 Å². The second-order valence-corrected chi connectivity index (χ2v) is 3.11. The van der Waals surface area contributed by atoms with E-state index in [1.54, 1.807) is 6.08 Å². The van der Waals surface area contributed by atoms with Gasteiger partial charge in [-0.05, 0) is 19.4 Å². The molecule has 1 aliphatic heterocycles. The molecule has 0 saturated carbocycles. The van der Waals surface area contributed by atoms with Crippen LogP contribution in [0.4, 0.5) is 0 Å². The summed E-state index contributed by atoms with van der Waals surface area (Å²) in [4.78, 5) is 10.8. The Hall–Kier alpha value is -1.31. The lowest BCUT2D eigenvalue weighted by Gasteiger charge is -2.06. The Morgan fingerprint density at radius 2 is 1.50 bits per heavy atom. The summed E-state index contributed by atoms with van der Waals surface area (Å²) in [5.41, 5.74) is 1.17. The molecule has 120 valence electrons. The molecule has 1 N–H and O–H groups in total. The Labute approximate surface area is 128 Å². The maximum absolute atomic E-state index is 10.8. The van der Waals surface area contributed by atoms with Gasteiger partial charge in [0.1, 0.15) is 0 Å². The van der Waals surface area contributed by atoms with E-state index in [1.165, 1.54) is 5.57 Å². The van der Waals surface area contributed by atoms with Gasteiger partial charge in [0.2, 0.25) is 5.91 Å². The van der Waals surface area contributed by atoms with Crippen LogP contribution in [0.2, 0.25) is 0 Å². The first-order valence-electron chi connectivity index (χ1n) is 7.81. The molecule has 1 atom stereocenters. The van der Waals surface area contributed by atoms with Gasteiger partial charge in [-0.15, -0.1) is 6.58 Å². The summed E-state index contributed by atoms with van der Waals surface area (Å²) >= 11 is 0. The lowest BCUT2D eigenvalue weighted by atomic mass is 9.98. The first-order valence-corrected chi connectivity index (χ1v) is 7.81. The van der Waals surface area contributed by atoms with Crippen LogP contribution in [0, 0.1) is 5.92 Å². The highest BCUT2D eigenvalue weighted by Crippen LogP contribution is 2.19. The molecule has 1 saturated heterocycles. The van der Waals surface area contributed by atoms with Gasteiger partial charge >= 0.3 is 0 Å². The standard InChI is InChI=1S/C9H13NO.C3H6.3C2H6/c1-3-7(4-2)8-5-9(11)10-6-8;1-3-2;3*1-2/h3-4,8H,1,5-6H2,2H3,(H,10,11);3H,1H2,2H3;3*1-2H3/b7-4+;;;;. The SMILES string of the molecule is C=C/C(=C\C)C1CNC(=O)C1.C=CC.CC.CC.CC. The average Bonchev–Trinajstić information content (AvgIpc) is 2.94. The molecule has 0 aromatic heterocycles. The Kier molecular flexibility index (Phi) is 35.6. The summed E-state index contributed by atoms with van der Waals surface area (Å²) in [5, 5.41) is 2.79. The summed E-state index contributed by atoms with van der Waals surface area (Å²) < 4.78 is 0. The van der Waals surface area contributed by atoms with Crippen molar-refractivity contribution in [3.63, 3.8) is 0 Å². The van der Waals surface area contributed by atoms with Crippen molar-refractivity contribution < 1.29 is 4.79 Å². The van der Waals surface area contributed by atoms with Crippen molar-refractivity contribution in [2.75, 3.05) is 6.54 Å². The third-order valence-corrected chi connectivity index (χ3v) is 2.02. The van der Waals surface area contributed by atoms with Crippen molar-refractivity contribution in [1.29, 1.82) is 0 Å². The van der Waals surface area contributed by atoms with Gasteiger partial charge in [-0.3, -0.25) is 4.79 Å². The van der Waals surface area contributed by atoms with Gasteiger partial charge in [0.25, 0.3) is 0 Å². The molecular weight excluding hydrogens is 246 g/mol. The van der Waals surface area contributed by atoms with Gasteiger partial charge in [0.05, 0.1) is 0 Å². The quantitative estimate of drug-likeness (QED) is 0.524. The molecular formula is C18H37NO. The van der Waals surface area contributed by atoms with Crippen LogP contribution in [0.5, 0.6) is 0 Å². The molecule has 0 aromatic carbocycles. The Morgan fingerprint density at radius 3 is 1.70 bits per heavy atom. The second-order valence-electron chi connectivity index (χ2n) is 3.11. The van der Waals surface area contributed by atoms with E-state index in [9.17, 15) is 4.79 Å². The minimum absolute atomic E-state index is 0.149. The maximum Gasteiger partial charge on any atom is 0.220 e. The van der Waals surface area contributed by atoms with E-state index in [0.29, 0.717) is 12.3 Å². The number of allylic oxidation sites excluding steroid dienone is 3. The second kappa shape index (κ2) is 26.3. The van der Waals surface area contributed by atoms with Gasteiger partial charge in [-0.25, -0.2) is 0 Å². The van der Waals surface area contributed by atoms with Crippen LogP contribution < -0.4 is 5.32 Å². The summed E-state index contributed by atoms with van der Waals surface area (Å²) in [5.74, 6) is 0.501. The van der Waals surface area contributed by atoms with Crippen LogP contribution in [0.25, 0.3) is 0 Å². The van der Waals surface area contributed by atoms with Crippen LogP contribution in [0.15, 0.2) is 37.0 Å². The number of hydrogen-bond donors (Lipinski definition) is 1. The van der Waals surface area contributed by atoms with E-state index in [1.807, 2.05) is 67.5 Å². The molecule has 0 radical (unpaired) electrons. The van der Waals surface area contributed by atoms with Crippen molar-refractivity contribution in [3.05, 3.63) is 37.0 Å². The number of carbonyl (C=O) groups excluding carboxylic acids is 1. The zero-order valence-electron chi connectivity index (χ0n) is 15.0. The minimum Gasteiger partial charge on any atom is -0.355 e. The lowest BCUT2D eigenvalue weighted by Crippen LogP contribution is -2.14. The Bertz CT molecular complexity index is 242. The number of amides is 1. The monoisotopic (exact) mass is 283 g/mol. The first-order chi connectivity index (χ1) is 9.69. The summed E-state index contributed by atoms with van der Waals surface area (Å²) in [6, 6.07) is 0. The van der Waals surface area contributed by atoms with Gasteiger partial charge in [0.15, 0.2) is 0 Å². The van der Waals surface area contributed by atoms with E-state index < -0.39 is 0 Å². The minimum atomic E-state index is 0.149. The topological polar surface area (TPSA) is 29.1 Å². The van der Waals surface area contributed by atoms with E-state index in [0.717, 1.165) is 6.54 Å². The lowest BCUT2D eigenvalue weighted by molar-refractivity contribution is -0.119. The molecule has 1 amide bonds. The van der Waals surface area contributed by atoms with Gasteiger partial charge in [0, 0.05) is 18.9 Å². The van der Waals surface area contributed by atoms with Crippen molar-refractivity contribution >= 4 is 5.91 Å². The van der Waals surface area contributed by atoms with Gasteiger partial charge in [-0.1, -0.05) is 66.3 Å². The van der Waals surface area contributed by atoms with E-state index >= 15 is 0 Å². The zero-order chi connectivity index (χ0) is 17.0. The summed E-state index contributed by atoms with van der Waals surface area (Å²) in [6.45, 7) is 23.7. The number of hydrogen-bond acceptors (Lipinski definition) is 1. The predicted octanol–water partition coefficient (Wildman–Crippen LogP) is 5.53. The number of nitrogens with one attached hydrogen (secondary N) is 1. The third kappa shape index (κ3) is 16.7. The molecule has 0 bridgehead atoms. The fourth-order valence-electron chi connectivity index (χ4n) is 1.36. The molecule has 1 aliphatic rings. The van der Waals surface area contributed by atoms with Crippen molar-refractivity contribution in [1.82, 2.24) is 5.32 Å². The molecule has 1 unspecified atom stereocenters. The number of rotatable bonds is 2. The zero-order valence-corrected chi connectivity index (χ0v) is 15.0. The van der Waals surface area contributed by atoms with Crippen LogP contribution in [-0.4, -0.2) is 12.5 Å². The van der Waals surface area contributed by atoms with Crippen LogP contribution >= 0.6 is 0 Å². The van der Waals surface area contributed by atoms with E-state index in [2.05, 4.69) is 18.5 Å². The molecule has 0 aliphatic carbocycles. The van der Waals surface area contributed by atoms with Crippen molar-refractivity contribution in [2.45, 2.75) is 61.8 Å². The van der Waals surface area contributed by atoms with Gasteiger partial charge < -0.3 is 5.32 Å². The fraction of sp³-hybridized carbons (Fsp3) is 0.611. The summed E-state index contributed by atoms with van der Waals surface area (Å²) in [6.07, 6.45) is 6.20. The van der Waals surface area contributed by atoms with Crippen molar-refractivity contribution in [2.24, 2.45) is 5.92 Å². The van der Waals surface area contributed by atoms with Crippen molar-refractivity contribution in [3.8, 4) is 0 Å². The largest absolute Gasteiger partial charge is 0.355 e. The van der Waals surface area contributed by atoms with E-state index in [4.69, 9.17) is 0 Å². The van der Waals surface area contributed by atoms with Crippen LogP contribution in [-0.2, 0) is 4.79 Å². The molecule has 2 nitrogen and oxygen atoms in total. The molecule has 1 heterocycles. The molecule has 0 spiro atoms. The third-order valence-electron chi connectivity index (χ3n) is 2.02. The normalized spacial score (nSPS) is 15.3. The smallest absolute Gasteiger partial charge is 0.220 e. The number of carbonyl (C=O) groups is 1. The highest BCUT2D eigenvalue weighted by molar-refractivity contribution is 5.79. The summed E-state index contributed by atoms with van der Waals surface area (Å²) in [7, 11) is 0. The maximum atomic E-state index is 10.8. The Morgan fingerprint density at radius 1 is 1.10 bits per heavy atom. The first kappa shape index (κ1) is 27.1. The molecule has 0 aromatic rings. The fourth-order valence-corrected chi connectivity index (χ4v) is 1.36. The molecule has 2 heteroatoms. The molecule has 1 fully saturated rings. The van der Waals surface area contributed by atoms with E-state index in [-0.39, 0.29) is 5.91 Å². The Balaban J connectivity index is -0.000000121. The average molecular weight is 284 g/mol. The highest BCUT2D eigenvalue weighted by Gasteiger charge is 2.22. The molecule has 1 rings (SSSR count).